The number of methoxy groups -OCH3 is 1. The minimum absolute atomic E-state index is 0.913. The van der Waals surface area contributed by atoms with Gasteiger partial charge in [0.2, 0.25) is 0 Å². The largest absolute Gasteiger partial charge is 0.497 e. The minimum Gasteiger partial charge on any atom is -0.497 e. The minimum atomic E-state index is -1.00. The summed E-state index contributed by atoms with van der Waals surface area (Å²) in [7, 11) is 0.691. The Labute approximate surface area is 119 Å². The summed E-state index contributed by atoms with van der Waals surface area (Å²) in [5, 5.41) is 0. The Morgan fingerprint density at radius 2 is 1.79 bits per heavy atom. The zero-order valence-corrected chi connectivity index (χ0v) is 13.7. The smallest absolute Gasteiger partial charge is 0.118 e. The second-order valence-corrected chi connectivity index (χ2v) is 11.7. The van der Waals surface area contributed by atoms with Crippen LogP contribution in [0.5, 0.6) is 5.75 Å². The molecule has 1 aromatic carbocycles. The summed E-state index contributed by atoms with van der Waals surface area (Å²) in [5.74, 6) is 0.913. The van der Waals surface area contributed by atoms with Crippen LogP contribution >= 0.6 is 0 Å². The molecule has 0 heterocycles. The molecule has 0 saturated heterocycles. The van der Waals surface area contributed by atoms with Crippen molar-refractivity contribution in [3.05, 3.63) is 54.1 Å². The van der Waals surface area contributed by atoms with Crippen LogP contribution in [-0.2, 0) is 6.42 Å². The van der Waals surface area contributed by atoms with Gasteiger partial charge in [-0.25, -0.2) is 0 Å². The molecule has 0 unspecified atom stereocenters. The Morgan fingerprint density at radius 1 is 1.16 bits per heavy atom. The van der Waals surface area contributed by atoms with E-state index in [1.807, 2.05) is 12.1 Å². The first-order valence-electron chi connectivity index (χ1n) is 6.85. The van der Waals surface area contributed by atoms with E-state index in [0.29, 0.717) is 0 Å². The van der Waals surface area contributed by atoms with E-state index in [1.165, 1.54) is 17.2 Å². The monoisotopic (exact) mass is 274 g/mol. The summed E-state index contributed by atoms with van der Waals surface area (Å²) in [6.45, 7) is 11.3. The van der Waals surface area contributed by atoms with Gasteiger partial charge in [0.05, 0.1) is 7.11 Å². The topological polar surface area (TPSA) is 9.23 Å². The first-order valence-corrected chi connectivity index (χ1v) is 10.6. The van der Waals surface area contributed by atoms with E-state index in [4.69, 9.17) is 4.74 Å². The van der Waals surface area contributed by atoms with E-state index >= 15 is 0 Å². The molecule has 0 aliphatic carbocycles. The molecule has 1 nitrogen and oxygen atoms in total. The van der Waals surface area contributed by atoms with Crippen LogP contribution in [0.4, 0.5) is 0 Å². The predicted molar refractivity (Wildman–Crippen MR) is 87.7 cm³/mol. The van der Waals surface area contributed by atoms with Crippen molar-refractivity contribution in [2.75, 3.05) is 7.11 Å². The van der Waals surface area contributed by atoms with Crippen molar-refractivity contribution in [1.29, 1.82) is 0 Å². The molecule has 0 aliphatic rings. The average molecular weight is 274 g/mol. The first-order chi connectivity index (χ1) is 8.90. The number of benzene rings is 1. The van der Waals surface area contributed by atoms with Crippen molar-refractivity contribution in [2.45, 2.75) is 38.5 Å². The molecule has 0 saturated carbocycles. The summed E-state index contributed by atoms with van der Waals surface area (Å²) in [6, 6.07) is 9.46. The van der Waals surface area contributed by atoms with Crippen molar-refractivity contribution in [1.82, 2.24) is 0 Å². The predicted octanol–water partition coefficient (Wildman–Crippen LogP) is 5.08. The summed E-state index contributed by atoms with van der Waals surface area (Å²) in [4.78, 5) is 0. The first kappa shape index (κ1) is 15.8. The van der Waals surface area contributed by atoms with Gasteiger partial charge in [0.1, 0.15) is 5.75 Å². The molecule has 2 heteroatoms. The second-order valence-electron chi connectivity index (χ2n) is 6.22. The van der Waals surface area contributed by atoms with Crippen LogP contribution in [-0.4, -0.2) is 15.2 Å². The summed E-state index contributed by atoms with van der Waals surface area (Å²) < 4.78 is 5.15. The maximum atomic E-state index is 5.15. The van der Waals surface area contributed by atoms with Crippen LogP contribution in [0.2, 0.25) is 25.7 Å². The van der Waals surface area contributed by atoms with Crippen molar-refractivity contribution in [3.63, 3.8) is 0 Å². The Bertz CT molecular complexity index is 424. The molecule has 1 rings (SSSR count). The number of hydrogen-bond donors (Lipinski definition) is 0. The van der Waals surface area contributed by atoms with Crippen LogP contribution in [0.15, 0.2) is 48.6 Å². The van der Waals surface area contributed by atoms with Gasteiger partial charge >= 0.3 is 0 Å². The molecule has 0 bridgehead atoms. The molecule has 0 radical (unpaired) electrons. The Balaban J connectivity index is 2.35. The highest BCUT2D eigenvalue weighted by molar-refractivity contribution is 6.76. The van der Waals surface area contributed by atoms with Crippen LogP contribution in [0.3, 0.4) is 0 Å². The Kier molecular flexibility index (Phi) is 6.09. The van der Waals surface area contributed by atoms with Crippen LogP contribution in [0, 0.1) is 0 Å². The number of ether oxygens (including phenoxy) is 1. The number of allylic oxidation sites excluding steroid dienone is 3. The molecule has 0 aliphatic heterocycles. The summed E-state index contributed by atoms with van der Waals surface area (Å²) >= 11 is 0. The van der Waals surface area contributed by atoms with Gasteiger partial charge in [-0.3, -0.25) is 0 Å². The molecule has 0 spiro atoms. The fourth-order valence-corrected chi connectivity index (χ4v) is 3.70. The lowest BCUT2D eigenvalue weighted by molar-refractivity contribution is 0.414. The Morgan fingerprint density at radius 3 is 2.32 bits per heavy atom. The Hall–Kier alpha value is -1.28. The third-order valence-corrected chi connectivity index (χ3v) is 4.43. The van der Waals surface area contributed by atoms with Gasteiger partial charge in [-0.2, -0.15) is 0 Å². The molecule has 104 valence electrons. The molecule has 0 fully saturated rings. The average Bonchev–Trinajstić information content (AvgIpc) is 2.33. The van der Waals surface area contributed by atoms with E-state index < -0.39 is 8.07 Å². The molecule has 0 aromatic heterocycles. The van der Waals surface area contributed by atoms with Crippen molar-refractivity contribution >= 4 is 8.07 Å². The van der Waals surface area contributed by atoms with Crippen molar-refractivity contribution < 1.29 is 4.74 Å². The lowest BCUT2D eigenvalue weighted by atomic mass is 10.1. The van der Waals surface area contributed by atoms with Gasteiger partial charge in [-0.15, -0.1) is 0 Å². The normalized spacial score (nSPS) is 11.8. The van der Waals surface area contributed by atoms with E-state index in [1.54, 1.807) is 7.11 Å². The maximum absolute atomic E-state index is 5.15. The highest BCUT2D eigenvalue weighted by Crippen LogP contribution is 2.18. The highest BCUT2D eigenvalue weighted by atomic mass is 28.3. The number of rotatable bonds is 7. The quantitative estimate of drug-likeness (QED) is 0.498. The lowest BCUT2D eigenvalue weighted by Crippen LogP contribution is -2.19. The fourth-order valence-electron chi connectivity index (χ4n) is 2.05. The molecular weight excluding hydrogens is 248 g/mol. The van der Waals surface area contributed by atoms with Gasteiger partial charge < -0.3 is 4.74 Å². The van der Waals surface area contributed by atoms with Gasteiger partial charge in [-0.1, -0.05) is 56.1 Å². The van der Waals surface area contributed by atoms with E-state index in [-0.39, 0.29) is 0 Å². The molecule has 19 heavy (non-hydrogen) atoms. The van der Waals surface area contributed by atoms with E-state index in [2.05, 4.69) is 50.5 Å². The molecule has 0 atom stereocenters. The molecule has 1 aromatic rings. The van der Waals surface area contributed by atoms with Gasteiger partial charge in [0.25, 0.3) is 0 Å². The SMILES string of the molecule is C=C(C/C=C\Cc1ccc(OC)cc1)C[Si](C)(C)C. The highest BCUT2D eigenvalue weighted by Gasteiger charge is 2.13. The zero-order chi connectivity index (χ0) is 14.3. The standard InChI is InChI=1S/C17H26OSi/c1-15(14-19(3,4)5)8-6-7-9-16-10-12-17(18-2)13-11-16/h6-7,10-13H,1,8-9,14H2,2-5H3/b7-6-. The van der Waals surface area contributed by atoms with Crippen molar-refractivity contribution in [2.24, 2.45) is 0 Å². The van der Waals surface area contributed by atoms with E-state index in [0.717, 1.165) is 18.6 Å². The zero-order valence-electron chi connectivity index (χ0n) is 12.7. The van der Waals surface area contributed by atoms with Crippen LogP contribution < -0.4 is 4.74 Å². The van der Waals surface area contributed by atoms with Gasteiger partial charge in [0.15, 0.2) is 0 Å². The van der Waals surface area contributed by atoms with Gasteiger partial charge in [0, 0.05) is 8.07 Å². The second kappa shape index (κ2) is 7.34. The maximum Gasteiger partial charge on any atom is 0.118 e. The van der Waals surface area contributed by atoms with Crippen molar-refractivity contribution in [3.8, 4) is 5.75 Å². The molecule has 0 amide bonds. The molecular formula is C17H26OSi. The van der Waals surface area contributed by atoms with Gasteiger partial charge in [-0.05, 0) is 36.6 Å². The third kappa shape index (κ3) is 7.02. The fraction of sp³-hybridized carbons (Fsp3) is 0.412. The lowest BCUT2D eigenvalue weighted by Gasteiger charge is -2.16. The summed E-state index contributed by atoms with van der Waals surface area (Å²) in [6.07, 6.45) is 6.47. The third-order valence-electron chi connectivity index (χ3n) is 2.87. The summed E-state index contributed by atoms with van der Waals surface area (Å²) in [5.41, 5.74) is 2.68. The van der Waals surface area contributed by atoms with E-state index in [9.17, 15) is 0 Å². The molecule has 0 N–H and O–H groups in total. The van der Waals surface area contributed by atoms with Crippen LogP contribution in [0.25, 0.3) is 0 Å². The number of hydrogen-bond acceptors (Lipinski definition) is 1. The van der Waals surface area contributed by atoms with Crippen LogP contribution in [0.1, 0.15) is 12.0 Å².